The average Bonchev–Trinajstić information content (AvgIpc) is 2.66. The topological polar surface area (TPSA) is 25.4 Å². The van der Waals surface area contributed by atoms with Crippen LogP contribution in [0.15, 0.2) is 43.1 Å². The van der Waals surface area contributed by atoms with Crippen molar-refractivity contribution in [2.24, 2.45) is 11.8 Å². The summed E-state index contributed by atoms with van der Waals surface area (Å²) in [5.41, 5.74) is 2.45. The summed E-state index contributed by atoms with van der Waals surface area (Å²) in [5.74, 6) is 2.89. The lowest BCUT2D eigenvalue weighted by Gasteiger charge is -2.51. The Bertz CT molecular complexity index is 757. The van der Waals surface area contributed by atoms with Crippen molar-refractivity contribution in [1.29, 1.82) is 0 Å². The number of ether oxygens (including phenoxy) is 1. The predicted molar refractivity (Wildman–Crippen MR) is 98.5 cm³/mol. The molecule has 3 aliphatic heterocycles. The van der Waals surface area contributed by atoms with Crippen molar-refractivity contribution in [1.82, 2.24) is 9.88 Å². The predicted octanol–water partition coefficient (Wildman–Crippen LogP) is 4.24. The molecule has 3 aliphatic rings. The molecule has 24 heavy (non-hydrogen) atoms. The standard InChI is InChI=1S/C21H26N2O/c1-4-15-13-23-10-8-16(15)11-21(23)14(2)18-7-9-22-20-6-5-17(24-3)12-19(18)20/h4-7,9,12,14-16,21H,1,8,10-11,13H2,2-3H3/t14-,15?,16?,21?/m0/s1. The fourth-order valence-electron chi connectivity index (χ4n) is 4.78. The monoisotopic (exact) mass is 322 g/mol. The summed E-state index contributed by atoms with van der Waals surface area (Å²) in [4.78, 5) is 7.22. The molecule has 2 aromatic rings. The van der Waals surface area contributed by atoms with Gasteiger partial charge in [0.1, 0.15) is 5.75 Å². The second kappa shape index (κ2) is 6.21. The fraction of sp³-hybridized carbons (Fsp3) is 0.476. The number of piperidine rings is 3. The highest BCUT2D eigenvalue weighted by molar-refractivity contribution is 5.84. The molecule has 3 fully saturated rings. The normalized spacial score (nSPS) is 30.2. The molecule has 3 saturated heterocycles. The Morgan fingerprint density at radius 3 is 2.96 bits per heavy atom. The molecule has 4 heterocycles. The molecule has 0 N–H and O–H groups in total. The highest BCUT2D eigenvalue weighted by atomic mass is 16.5. The van der Waals surface area contributed by atoms with Crippen molar-refractivity contribution < 1.29 is 4.74 Å². The van der Waals surface area contributed by atoms with Crippen LogP contribution in [0, 0.1) is 11.8 Å². The van der Waals surface area contributed by atoms with Crippen LogP contribution in [-0.2, 0) is 0 Å². The zero-order valence-corrected chi connectivity index (χ0v) is 14.6. The number of rotatable bonds is 4. The van der Waals surface area contributed by atoms with Gasteiger partial charge in [0.15, 0.2) is 0 Å². The molecule has 0 amide bonds. The minimum atomic E-state index is 0.496. The highest BCUT2D eigenvalue weighted by Crippen LogP contribution is 2.42. The van der Waals surface area contributed by atoms with Gasteiger partial charge in [0.25, 0.3) is 0 Å². The molecule has 5 atom stereocenters. The number of hydrogen-bond donors (Lipinski definition) is 0. The van der Waals surface area contributed by atoms with Crippen LogP contribution in [0.3, 0.4) is 0 Å². The number of nitrogens with zero attached hydrogens (tertiary/aromatic N) is 2. The molecule has 2 bridgehead atoms. The summed E-state index contributed by atoms with van der Waals surface area (Å²) in [7, 11) is 1.72. The molecule has 0 spiro atoms. The zero-order chi connectivity index (χ0) is 16.7. The lowest BCUT2D eigenvalue weighted by Crippen LogP contribution is -2.54. The van der Waals surface area contributed by atoms with E-state index in [2.05, 4.69) is 47.7 Å². The van der Waals surface area contributed by atoms with Gasteiger partial charge in [-0.25, -0.2) is 0 Å². The maximum absolute atomic E-state index is 5.43. The first-order valence-electron chi connectivity index (χ1n) is 9.00. The average molecular weight is 322 g/mol. The van der Waals surface area contributed by atoms with Crippen molar-refractivity contribution in [3.63, 3.8) is 0 Å². The summed E-state index contributed by atoms with van der Waals surface area (Å²) in [6.07, 6.45) is 6.73. The van der Waals surface area contributed by atoms with Gasteiger partial charge in [-0.1, -0.05) is 13.0 Å². The Hall–Kier alpha value is -1.87. The van der Waals surface area contributed by atoms with Gasteiger partial charge >= 0.3 is 0 Å². The smallest absolute Gasteiger partial charge is 0.119 e. The second-order valence-corrected chi connectivity index (χ2v) is 7.32. The van der Waals surface area contributed by atoms with E-state index in [1.54, 1.807) is 7.11 Å². The minimum absolute atomic E-state index is 0.496. The third kappa shape index (κ3) is 2.51. The Morgan fingerprint density at radius 2 is 2.25 bits per heavy atom. The van der Waals surface area contributed by atoms with Crippen molar-refractivity contribution in [2.75, 3.05) is 20.2 Å². The molecule has 0 radical (unpaired) electrons. The van der Waals surface area contributed by atoms with Gasteiger partial charge in [0.05, 0.1) is 12.6 Å². The maximum atomic E-state index is 5.43. The molecule has 3 heteroatoms. The summed E-state index contributed by atoms with van der Waals surface area (Å²) in [5, 5.41) is 1.23. The SMILES string of the molecule is C=CC1CN2CCC1CC2[C@@H](C)c1ccnc2ccc(OC)cc12. The van der Waals surface area contributed by atoms with Crippen LogP contribution in [0.1, 0.15) is 31.2 Å². The maximum Gasteiger partial charge on any atom is 0.119 e. The van der Waals surface area contributed by atoms with E-state index in [9.17, 15) is 0 Å². The Morgan fingerprint density at radius 1 is 1.38 bits per heavy atom. The van der Waals surface area contributed by atoms with Crippen LogP contribution in [0.25, 0.3) is 10.9 Å². The number of aromatic nitrogens is 1. The molecule has 3 nitrogen and oxygen atoms in total. The third-order valence-corrected chi connectivity index (χ3v) is 6.20. The molecule has 4 unspecified atom stereocenters. The van der Waals surface area contributed by atoms with E-state index in [1.165, 1.54) is 36.9 Å². The lowest BCUT2D eigenvalue weighted by atomic mass is 9.71. The van der Waals surface area contributed by atoms with E-state index in [4.69, 9.17) is 4.74 Å². The van der Waals surface area contributed by atoms with Crippen molar-refractivity contribution in [3.8, 4) is 5.75 Å². The van der Waals surface area contributed by atoms with Gasteiger partial charge in [-0.05, 0) is 67.0 Å². The number of pyridine rings is 1. The second-order valence-electron chi connectivity index (χ2n) is 7.32. The van der Waals surface area contributed by atoms with E-state index in [1.807, 2.05) is 12.3 Å². The molecule has 1 aromatic carbocycles. The zero-order valence-electron chi connectivity index (χ0n) is 14.6. The molecule has 1 aromatic heterocycles. The summed E-state index contributed by atoms with van der Waals surface area (Å²) in [6, 6.07) is 9.00. The van der Waals surface area contributed by atoms with Gasteiger partial charge in [0, 0.05) is 24.2 Å². The molecule has 5 rings (SSSR count). The van der Waals surface area contributed by atoms with E-state index in [0.29, 0.717) is 17.9 Å². The van der Waals surface area contributed by atoms with Crippen LogP contribution in [0.5, 0.6) is 5.75 Å². The van der Waals surface area contributed by atoms with Crippen LogP contribution in [0.2, 0.25) is 0 Å². The number of methoxy groups -OCH3 is 1. The summed E-state index contributed by atoms with van der Waals surface area (Å²) >= 11 is 0. The lowest BCUT2D eigenvalue weighted by molar-refractivity contribution is 0.00925. The Labute approximate surface area is 144 Å². The van der Waals surface area contributed by atoms with E-state index < -0.39 is 0 Å². The highest BCUT2D eigenvalue weighted by Gasteiger charge is 2.41. The van der Waals surface area contributed by atoms with Crippen LogP contribution >= 0.6 is 0 Å². The number of benzene rings is 1. The molecule has 126 valence electrons. The Balaban J connectivity index is 1.69. The summed E-state index contributed by atoms with van der Waals surface area (Å²) < 4.78 is 5.43. The van der Waals surface area contributed by atoms with Gasteiger partial charge < -0.3 is 4.74 Å². The van der Waals surface area contributed by atoms with Crippen molar-refractivity contribution >= 4 is 10.9 Å². The minimum Gasteiger partial charge on any atom is -0.497 e. The van der Waals surface area contributed by atoms with Crippen molar-refractivity contribution in [3.05, 3.63) is 48.7 Å². The first kappa shape index (κ1) is 15.6. The van der Waals surface area contributed by atoms with E-state index in [-0.39, 0.29) is 0 Å². The van der Waals surface area contributed by atoms with Gasteiger partial charge in [-0.15, -0.1) is 6.58 Å². The summed E-state index contributed by atoms with van der Waals surface area (Å²) in [6.45, 7) is 8.83. The van der Waals surface area contributed by atoms with E-state index in [0.717, 1.165) is 17.2 Å². The molecular weight excluding hydrogens is 296 g/mol. The van der Waals surface area contributed by atoms with Crippen molar-refractivity contribution in [2.45, 2.75) is 31.7 Å². The third-order valence-electron chi connectivity index (χ3n) is 6.20. The molecule has 0 aliphatic carbocycles. The van der Waals surface area contributed by atoms with Crippen LogP contribution < -0.4 is 4.74 Å². The molecular formula is C21H26N2O. The number of hydrogen-bond acceptors (Lipinski definition) is 3. The van der Waals surface area contributed by atoms with Crippen LogP contribution in [0.4, 0.5) is 0 Å². The fourth-order valence-corrected chi connectivity index (χ4v) is 4.78. The van der Waals surface area contributed by atoms with Gasteiger partial charge in [-0.2, -0.15) is 0 Å². The van der Waals surface area contributed by atoms with Gasteiger partial charge in [-0.3, -0.25) is 9.88 Å². The first-order chi connectivity index (χ1) is 11.7. The molecule has 0 saturated carbocycles. The quantitative estimate of drug-likeness (QED) is 0.787. The number of fused-ring (bicyclic) bond motifs is 4. The largest absolute Gasteiger partial charge is 0.497 e. The van der Waals surface area contributed by atoms with Gasteiger partial charge in [0.2, 0.25) is 0 Å². The first-order valence-corrected chi connectivity index (χ1v) is 9.00. The van der Waals surface area contributed by atoms with E-state index >= 15 is 0 Å². The van der Waals surface area contributed by atoms with Crippen LogP contribution in [-0.4, -0.2) is 36.1 Å². The Kier molecular flexibility index (Phi) is 4.05.